The van der Waals surface area contributed by atoms with E-state index >= 15 is 0 Å². The summed E-state index contributed by atoms with van der Waals surface area (Å²) in [5.74, 6) is 0.326. The highest BCUT2D eigenvalue weighted by atomic mass is 32.2. The number of nitrogens with zero attached hydrogens (tertiary/aromatic N) is 3. The van der Waals surface area contributed by atoms with Gasteiger partial charge in [0.1, 0.15) is 11.8 Å². The van der Waals surface area contributed by atoms with Gasteiger partial charge >= 0.3 is 0 Å². The van der Waals surface area contributed by atoms with Crippen molar-refractivity contribution in [2.24, 2.45) is 0 Å². The number of benzene rings is 1. The SMILES string of the molecule is Cc1[nH]c(C#N)c(C)c1-c1ccnc(Nc2cccc(S(=O)(=O)NC(C)C)c2)n1. The first-order valence-corrected chi connectivity index (χ1v) is 10.5. The number of rotatable bonds is 6. The van der Waals surface area contributed by atoms with Gasteiger partial charge < -0.3 is 10.3 Å². The summed E-state index contributed by atoms with van der Waals surface area (Å²) in [7, 11) is -3.60. The number of hydrogen-bond acceptors (Lipinski definition) is 6. The Morgan fingerprint density at radius 1 is 1.21 bits per heavy atom. The van der Waals surface area contributed by atoms with Crippen molar-refractivity contribution in [2.45, 2.75) is 38.6 Å². The van der Waals surface area contributed by atoms with E-state index in [1.807, 2.05) is 13.8 Å². The number of anilines is 2. The summed E-state index contributed by atoms with van der Waals surface area (Å²) >= 11 is 0. The number of H-pyrrole nitrogens is 1. The summed E-state index contributed by atoms with van der Waals surface area (Å²) in [4.78, 5) is 12.0. The van der Waals surface area contributed by atoms with Gasteiger partial charge in [-0.25, -0.2) is 23.1 Å². The van der Waals surface area contributed by atoms with Crippen LogP contribution in [0.1, 0.15) is 30.8 Å². The Balaban J connectivity index is 1.92. The maximum atomic E-state index is 12.4. The topological polar surface area (TPSA) is 124 Å². The van der Waals surface area contributed by atoms with Crippen LogP contribution in [0.5, 0.6) is 0 Å². The fourth-order valence-electron chi connectivity index (χ4n) is 3.05. The highest BCUT2D eigenvalue weighted by Crippen LogP contribution is 2.28. The third-order valence-corrected chi connectivity index (χ3v) is 5.91. The molecule has 0 amide bonds. The summed E-state index contributed by atoms with van der Waals surface area (Å²) in [6, 6.07) is 10.2. The van der Waals surface area contributed by atoms with Crippen LogP contribution in [0.25, 0.3) is 11.3 Å². The first-order chi connectivity index (χ1) is 13.7. The second-order valence-electron chi connectivity index (χ2n) is 6.93. The molecule has 3 N–H and O–H groups in total. The van der Waals surface area contributed by atoms with Gasteiger partial charge in [0.2, 0.25) is 16.0 Å². The second kappa shape index (κ2) is 8.03. The van der Waals surface area contributed by atoms with Crippen LogP contribution in [0.3, 0.4) is 0 Å². The molecular weight excluding hydrogens is 388 g/mol. The summed E-state index contributed by atoms with van der Waals surface area (Å²) < 4.78 is 27.3. The molecule has 0 aliphatic heterocycles. The van der Waals surface area contributed by atoms with E-state index in [0.29, 0.717) is 23.0 Å². The molecule has 1 aromatic carbocycles. The molecule has 0 fully saturated rings. The molecule has 3 aromatic rings. The van der Waals surface area contributed by atoms with Gasteiger partial charge in [0.25, 0.3) is 0 Å². The van der Waals surface area contributed by atoms with E-state index < -0.39 is 10.0 Å². The van der Waals surface area contributed by atoms with Crippen LogP contribution in [-0.2, 0) is 10.0 Å². The van der Waals surface area contributed by atoms with Crippen molar-refractivity contribution in [2.75, 3.05) is 5.32 Å². The number of hydrogen-bond donors (Lipinski definition) is 3. The highest BCUT2D eigenvalue weighted by molar-refractivity contribution is 7.89. The molecular formula is C20H22N6O2S. The van der Waals surface area contributed by atoms with E-state index in [4.69, 9.17) is 0 Å². The van der Waals surface area contributed by atoms with Crippen molar-refractivity contribution in [3.8, 4) is 17.3 Å². The highest BCUT2D eigenvalue weighted by Gasteiger charge is 2.17. The number of aromatic nitrogens is 3. The summed E-state index contributed by atoms with van der Waals surface area (Å²) in [5, 5.41) is 12.3. The molecule has 2 heterocycles. The van der Waals surface area contributed by atoms with E-state index in [0.717, 1.165) is 16.8 Å². The standard InChI is InChI=1S/C20H22N6O2S/c1-12(2)26-29(27,28)16-7-5-6-15(10-16)24-20-22-9-8-17(25-20)19-13(3)18(11-21)23-14(19)4/h5-10,12,23,26H,1-4H3,(H,22,24,25). The molecule has 0 atom stereocenters. The Hall–Kier alpha value is -3.22. The first kappa shape index (κ1) is 20.5. The van der Waals surface area contributed by atoms with Crippen molar-refractivity contribution < 1.29 is 8.42 Å². The molecule has 0 radical (unpaired) electrons. The van der Waals surface area contributed by atoms with Gasteiger partial charge in [-0.2, -0.15) is 5.26 Å². The molecule has 0 aliphatic carbocycles. The number of aromatic amines is 1. The molecule has 0 unspecified atom stereocenters. The number of nitriles is 1. The number of aryl methyl sites for hydroxylation is 1. The lowest BCUT2D eigenvalue weighted by molar-refractivity contribution is 0.570. The maximum Gasteiger partial charge on any atom is 0.240 e. The van der Waals surface area contributed by atoms with Crippen molar-refractivity contribution in [3.05, 3.63) is 53.5 Å². The van der Waals surface area contributed by atoms with Crippen LogP contribution in [0, 0.1) is 25.2 Å². The fraction of sp³-hybridized carbons (Fsp3) is 0.250. The largest absolute Gasteiger partial charge is 0.350 e. The Morgan fingerprint density at radius 3 is 2.62 bits per heavy atom. The van der Waals surface area contributed by atoms with E-state index in [1.165, 1.54) is 12.1 Å². The fourth-order valence-corrected chi connectivity index (χ4v) is 4.35. The third-order valence-electron chi connectivity index (χ3n) is 4.25. The zero-order valence-electron chi connectivity index (χ0n) is 16.6. The molecule has 0 bridgehead atoms. The minimum absolute atomic E-state index is 0.156. The van der Waals surface area contributed by atoms with Crippen molar-refractivity contribution >= 4 is 21.7 Å². The molecule has 0 saturated heterocycles. The Bertz CT molecular complexity index is 1190. The van der Waals surface area contributed by atoms with Gasteiger partial charge in [-0.15, -0.1) is 0 Å². The molecule has 8 nitrogen and oxygen atoms in total. The lowest BCUT2D eigenvalue weighted by atomic mass is 10.1. The zero-order chi connectivity index (χ0) is 21.2. The Kier molecular flexibility index (Phi) is 5.68. The van der Waals surface area contributed by atoms with Crippen molar-refractivity contribution in [1.29, 1.82) is 5.26 Å². The first-order valence-electron chi connectivity index (χ1n) is 9.03. The molecule has 2 aromatic heterocycles. The van der Waals surface area contributed by atoms with Crippen molar-refractivity contribution in [3.63, 3.8) is 0 Å². The average molecular weight is 411 g/mol. The van der Waals surface area contributed by atoms with Crippen LogP contribution in [0.15, 0.2) is 41.4 Å². The maximum absolute atomic E-state index is 12.4. The zero-order valence-corrected chi connectivity index (χ0v) is 17.4. The molecule has 0 spiro atoms. The van der Waals surface area contributed by atoms with Gasteiger partial charge in [-0.1, -0.05) is 6.07 Å². The predicted molar refractivity (Wildman–Crippen MR) is 111 cm³/mol. The molecule has 0 saturated carbocycles. The van der Waals surface area contributed by atoms with Crippen LogP contribution in [0.4, 0.5) is 11.6 Å². The third kappa shape index (κ3) is 4.45. The molecule has 3 rings (SSSR count). The summed E-state index contributed by atoms with van der Waals surface area (Å²) in [6.07, 6.45) is 1.61. The monoisotopic (exact) mass is 410 g/mol. The number of nitrogens with one attached hydrogen (secondary N) is 3. The van der Waals surface area contributed by atoms with E-state index in [1.54, 1.807) is 38.2 Å². The minimum Gasteiger partial charge on any atom is -0.350 e. The summed E-state index contributed by atoms with van der Waals surface area (Å²) in [6.45, 7) is 7.28. The normalized spacial score (nSPS) is 11.4. The van der Waals surface area contributed by atoms with Crippen LogP contribution in [-0.4, -0.2) is 29.4 Å². The van der Waals surface area contributed by atoms with Crippen LogP contribution < -0.4 is 10.0 Å². The molecule has 150 valence electrons. The molecule has 0 aliphatic rings. The minimum atomic E-state index is -3.60. The van der Waals surface area contributed by atoms with E-state index in [-0.39, 0.29) is 10.9 Å². The van der Waals surface area contributed by atoms with Crippen molar-refractivity contribution in [1.82, 2.24) is 19.7 Å². The summed E-state index contributed by atoms with van der Waals surface area (Å²) in [5.41, 5.74) is 4.24. The van der Waals surface area contributed by atoms with E-state index in [9.17, 15) is 13.7 Å². The van der Waals surface area contributed by atoms with Crippen LogP contribution in [0.2, 0.25) is 0 Å². The second-order valence-corrected chi connectivity index (χ2v) is 8.65. The predicted octanol–water partition coefficient (Wildman–Crippen LogP) is 3.39. The smallest absolute Gasteiger partial charge is 0.240 e. The van der Waals surface area contributed by atoms with Gasteiger partial charge in [0, 0.05) is 29.2 Å². The molecule has 9 heteroatoms. The number of sulfonamides is 1. The lowest BCUT2D eigenvalue weighted by Gasteiger charge is -2.11. The Labute approximate surface area is 170 Å². The molecule has 29 heavy (non-hydrogen) atoms. The van der Waals surface area contributed by atoms with Gasteiger partial charge in [-0.05, 0) is 57.5 Å². The van der Waals surface area contributed by atoms with Gasteiger partial charge in [0.15, 0.2) is 0 Å². The van der Waals surface area contributed by atoms with Gasteiger partial charge in [-0.3, -0.25) is 0 Å². The lowest BCUT2D eigenvalue weighted by Crippen LogP contribution is -2.30. The quantitative estimate of drug-likeness (QED) is 0.572. The van der Waals surface area contributed by atoms with E-state index in [2.05, 4.69) is 31.1 Å². The average Bonchev–Trinajstić information content (AvgIpc) is 2.94. The Morgan fingerprint density at radius 2 is 1.97 bits per heavy atom. The van der Waals surface area contributed by atoms with Crippen LogP contribution >= 0.6 is 0 Å². The van der Waals surface area contributed by atoms with Gasteiger partial charge in [0.05, 0.1) is 10.6 Å².